The van der Waals surface area contributed by atoms with Gasteiger partial charge < -0.3 is 21.2 Å². The average Bonchev–Trinajstić information content (AvgIpc) is 2.81. The fourth-order valence-corrected chi connectivity index (χ4v) is 1.73. The molecule has 1 aromatic heterocycles. The van der Waals surface area contributed by atoms with Crippen molar-refractivity contribution in [3.8, 4) is 0 Å². The molecule has 0 bridgehead atoms. The molecule has 1 aromatic rings. The summed E-state index contributed by atoms with van der Waals surface area (Å²) in [5.74, 6) is -0.444. The Morgan fingerprint density at radius 1 is 1.56 bits per heavy atom. The molecule has 1 rings (SSSR count). The number of aromatic amines is 1. The molecular weight excluding hydrogens is 234 g/mol. The lowest BCUT2D eigenvalue weighted by Crippen LogP contribution is -2.42. The number of H-pyrrole nitrogens is 1. The highest BCUT2D eigenvalue weighted by Gasteiger charge is 2.28. The number of rotatable bonds is 5. The van der Waals surface area contributed by atoms with E-state index in [-0.39, 0.29) is 23.7 Å². The summed E-state index contributed by atoms with van der Waals surface area (Å²) in [7, 11) is 0. The van der Waals surface area contributed by atoms with Crippen molar-refractivity contribution in [1.29, 1.82) is 0 Å². The van der Waals surface area contributed by atoms with E-state index in [0.29, 0.717) is 5.82 Å². The maximum absolute atomic E-state index is 12.1. The van der Waals surface area contributed by atoms with E-state index in [1.165, 1.54) is 0 Å². The smallest absolute Gasteiger partial charge is 0.231 e. The maximum atomic E-state index is 12.1. The normalized spacial score (nSPS) is 15.4. The van der Waals surface area contributed by atoms with E-state index in [0.717, 1.165) is 0 Å². The number of nitrogens with zero attached hydrogens (tertiary/aromatic N) is 2. The third kappa shape index (κ3) is 3.22. The molecule has 0 aliphatic heterocycles. The third-order valence-corrected chi connectivity index (χ3v) is 2.67. The average molecular weight is 253 g/mol. The van der Waals surface area contributed by atoms with E-state index in [4.69, 9.17) is 10.9 Å². The monoisotopic (exact) mass is 253 g/mol. The second-order valence-electron chi connectivity index (χ2n) is 4.45. The molecule has 0 aliphatic carbocycles. The van der Waals surface area contributed by atoms with Crippen molar-refractivity contribution in [3.63, 3.8) is 0 Å². The number of hydrogen-bond acceptors (Lipinski definition) is 4. The molecule has 18 heavy (non-hydrogen) atoms. The molecule has 0 fully saturated rings. The zero-order valence-corrected chi connectivity index (χ0v) is 10.7. The summed E-state index contributed by atoms with van der Waals surface area (Å²) >= 11 is 0. The number of aromatic nitrogens is 2. The molecule has 0 saturated carbocycles. The Balaban J connectivity index is 2.74. The van der Waals surface area contributed by atoms with Crippen molar-refractivity contribution in [1.82, 2.24) is 15.3 Å². The number of carbonyl (C=O) groups excluding carboxylic acids is 1. The summed E-state index contributed by atoms with van der Waals surface area (Å²) in [6.45, 7) is 5.47. The molecule has 0 aliphatic rings. The van der Waals surface area contributed by atoms with E-state index in [2.05, 4.69) is 20.4 Å². The van der Waals surface area contributed by atoms with Crippen LogP contribution in [0.25, 0.3) is 0 Å². The Kier molecular flexibility index (Phi) is 4.70. The van der Waals surface area contributed by atoms with Gasteiger partial charge in [-0.15, -0.1) is 0 Å². The highest BCUT2D eigenvalue weighted by Crippen LogP contribution is 2.14. The molecule has 0 saturated heterocycles. The van der Waals surface area contributed by atoms with Crippen LogP contribution in [0.1, 0.15) is 32.6 Å². The quantitative estimate of drug-likeness (QED) is 0.266. The molecule has 0 spiro atoms. The molecule has 2 atom stereocenters. The van der Waals surface area contributed by atoms with Gasteiger partial charge in [-0.1, -0.05) is 19.0 Å². The second kappa shape index (κ2) is 6.04. The molecule has 5 N–H and O–H groups in total. The van der Waals surface area contributed by atoms with E-state index in [1.54, 1.807) is 19.3 Å². The van der Waals surface area contributed by atoms with Gasteiger partial charge in [-0.25, -0.2) is 4.98 Å². The number of amides is 1. The number of nitrogens with two attached hydrogens (primary N) is 1. The molecular formula is C11H19N5O2. The first-order valence-electron chi connectivity index (χ1n) is 5.74. The first kappa shape index (κ1) is 14.0. The predicted molar refractivity (Wildman–Crippen MR) is 66.9 cm³/mol. The van der Waals surface area contributed by atoms with Gasteiger partial charge in [0, 0.05) is 12.4 Å². The lowest BCUT2D eigenvalue weighted by Gasteiger charge is -2.21. The third-order valence-electron chi connectivity index (χ3n) is 2.67. The highest BCUT2D eigenvalue weighted by molar-refractivity contribution is 6.02. The molecule has 7 nitrogen and oxygen atoms in total. The minimum absolute atomic E-state index is 0.0651. The van der Waals surface area contributed by atoms with Crippen molar-refractivity contribution in [2.45, 2.75) is 26.8 Å². The van der Waals surface area contributed by atoms with Crippen molar-refractivity contribution >= 4 is 11.7 Å². The number of hydrogen-bond donors (Lipinski definition) is 4. The lowest BCUT2D eigenvalue weighted by atomic mass is 9.93. The van der Waals surface area contributed by atoms with Crippen LogP contribution in [-0.2, 0) is 4.79 Å². The summed E-state index contributed by atoms with van der Waals surface area (Å²) in [4.78, 5) is 19.0. The van der Waals surface area contributed by atoms with Gasteiger partial charge in [0.2, 0.25) is 5.91 Å². The lowest BCUT2D eigenvalue weighted by molar-refractivity contribution is -0.124. The van der Waals surface area contributed by atoms with Crippen molar-refractivity contribution in [2.24, 2.45) is 22.7 Å². The second-order valence-corrected chi connectivity index (χ2v) is 4.45. The Labute approximate surface area is 105 Å². The number of amidine groups is 1. The molecule has 7 heteroatoms. The Hall–Kier alpha value is -2.05. The van der Waals surface area contributed by atoms with Crippen molar-refractivity contribution in [3.05, 3.63) is 18.2 Å². The fraction of sp³-hybridized carbons (Fsp3) is 0.545. The Bertz CT molecular complexity index is 413. The zero-order valence-electron chi connectivity index (χ0n) is 10.7. The maximum Gasteiger partial charge on any atom is 0.231 e. The zero-order chi connectivity index (χ0) is 13.7. The summed E-state index contributed by atoms with van der Waals surface area (Å²) in [6.07, 6.45) is 3.29. The van der Waals surface area contributed by atoms with Crippen LogP contribution in [0.4, 0.5) is 0 Å². The van der Waals surface area contributed by atoms with E-state index in [1.807, 2.05) is 13.8 Å². The van der Waals surface area contributed by atoms with Crippen LogP contribution in [-0.4, -0.2) is 26.9 Å². The van der Waals surface area contributed by atoms with Crippen LogP contribution in [0.3, 0.4) is 0 Å². The molecule has 0 aromatic carbocycles. The number of nitrogens with one attached hydrogen (secondary N) is 2. The molecule has 2 unspecified atom stereocenters. The van der Waals surface area contributed by atoms with Gasteiger partial charge in [-0.05, 0) is 12.8 Å². The number of carbonyl (C=O) groups is 1. The van der Waals surface area contributed by atoms with Gasteiger partial charge in [-0.3, -0.25) is 4.79 Å². The van der Waals surface area contributed by atoms with Gasteiger partial charge >= 0.3 is 0 Å². The minimum atomic E-state index is -0.660. The van der Waals surface area contributed by atoms with Crippen molar-refractivity contribution < 1.29 is 10.0 Å². The highest BCUT2D eigenvalue weighted by atomic mass is 16.4. The van der Waals surface area contributed by atoms with Gasteiger partial charge in [-0.2, -0.15) is 0 Å². The van der Waals surface area contributed by atoms with Crippen molar-refractivity contribution in [2.75, 3.05) is 0 Å². The Morgan fingerprint density at radius 2 is 2.22 bits per heavy atom. The molecule has 0 radical (unpaired) electrons. The topological polar surface area (TPSA) is 116 Å². The summed E-state index contributed by atoms with van der Waals surface area (Å²) in [5.41, 5.74) is 5.53. The SMILES string of the molecule is CC(NC(=O)C(/C(N)=N/O)C(C)C)c1ncc[nH]1. The fourth-order valence-electron chi connectivity index (χ4n) is 1.73. The van der Waals surface area contributed by atoms with Crippen LogP contribution < -0.4 is 11.1 Å². The largest absolute Gasteiger partial charge is 0.409 e. The molecule has 1 amide bonds. The standard InChI is InChI=1S/C11H19N5O2/c1-6(2)8(9(12)16-18)11(17)15-7(3)10-13-4-5-14-10/h4-8,18H,1-3H3,(H2,12,16)(H,13,14)(H,15,17). The van der Waals surface area contributed by atoms with E-state index in [9.17, 15) is 4.79 Å². The van der Waals surface area contributed by atoms with Gasteiger partial charge in [0.05, 0.1) is 6.04 Å². The summed E-state index contributed by atoms with van der Waals surface area (Å²) in [5, 5.41) is 14.4. The number of oxime groups is 1. The van der Waals surface area contributed by atoms with Crippen LogP contribution in [0, 0.1) is 11.8 Å². The molecule has 100 valence electrons. The van der Waals surface area contributed by atoms with E-state index >= 15 is 0 Å². The van der Waals surface area contributed by atoms with Crippen LogP contribution >= 0.6 is 0 Å². The van der Waals surface area contributed by atoms with E-state index < -0.39 is 5.92 Å². The van der Waals surface area contributed by atoms with Gasteiger partial charge in [0.15, 0.2) is 5.84 Å². The first-order chi connectivity index (χ1) is 8.47. The van der Waals surface area contributed by atoms with Gasteiger partial charge in [0.1, 0.15) is 11.7 Å². The predicted octanol–water partition coefficient (Wildman–Crippen LogP) is 0.605. The van der Waals surface area contributed by atoms with Crippen LogP contribution in [0.2, 0.25) is 0 Å². The van der Waals surface area contributed by atoms with Crippen LogP contribution in [0.15, 0.2) is 17.5 Å². The minimum Gasteiger partial charge on any atom is -0.409 e. The number of imidazole rings is 1. The molecule has 1 heterocycles. The van der Waals surface area contributed by atoms with Crippen LogP contribution in [0.5, 0.6) is 0 Å². The summed E-state index contributed by atoms with van der Waals surface area (Å²) in [6, 6.07) is -0.264. The first-order valence-corrected chi connectivity index (χ1v) is 5.74. The van der Waals surface area contributed by atoms with Gasteiger partial charge in [0.25, 0.3) is 0 Å². The summed E-state index contributed by atoms with van der Waals surface area (Å²) < 4.78 is 0. The Morgan fingerprint density at radius 3 is 2.67 bits per heavy atom.